The first-order valence-electron chi connectivity index (χ1n) is 14.6. The molecule has 6 aromatic rings. The lowest BCUT2D eigenvalue weighted by Crippen LogP contribution is -2.30. The van der Waals surface area contributed by atoms with Crippen LogP contribution in [0.3, 0.4) is 0 Å². The molecule has 6 aromatic carbocycles. The highest BCUT2D eigenvalue weighted by Gasteiger charge is 2.26. The van der Waals surface area contributed by atoms with Gasteiger partial charge in [0.1, 0.15) is 0 Å². The van der Waals surface area contributed by atoms with E-state index in [1.54, 1.807) is 0 Å². The largest absolute Gasteiger partial charge is 0.309 e. The lowest BCUT2D eigenvalue weighted by atomic mass is 9.94. The molecule has 0 radical (unpaired) electrons. The summed E-state index contributed by atoms with van der Waals surface area (Å²) in [5.74, 6) is 0. The predicted octanol–water partition coefficient (Wildman–Crippen LogP) is 6.40. The predicted molar refractivity (Wildman–Crippen MR) is 184 cm³/mol. The van der Waals surface area contributed by atoms with Gasteiger partial charge in [-0.05, 0) is 76.3 Å². The first-order chi connectivity index (χ1) is 20.9. The summed E-state index contributed by atoms with van der Waals surface area (Å²) in [6, 6.07) is 58.4. The van der Waals surface area contributed by atoms with Crippen molar-refractivity contribution in [1.29, 1.82) is 0 Å². The summed E-state index contributed by atoms with van der Waals surface area (Å²) in [6.07, 6.45) is 0.940. The summed E-state index contributed by atoms with van der Waals surface area (Å²) < 4.78 is 0. The van der Waals surface area contributed by atoms with Gasteiger partial charge in [0.05, 0.1) is 0 Å². The second-order valence-corrected chi connectivity index (χ2v) is 15.0. The highest BCUT2D eigenvalue weighted by molar-refractivity contribution is 7.80. The van der Waals surface area contributed by atoms with E-state index in [0.717, 1.165) is 19.5 Å². The Morgan fingerprint density at radius 3 is 1.02 bits per heavy atom. The lowest BCUT2D eigenvalue weighted by Gasteiger charge is -2.29. The number of rotatable bonds is 6. The van der Waals surface area contributed by atoms with Gasteiger partial charge >= 0.3 is 0 Å². The molecule has 42 heavy (non-hydrogen) atoms. The van der Waals surface area contributed by atoms with Crippen molar-refractivity contribution in [2.75, 3.05) is 0 Å². The molecule has 0 saturated carbocycles. The first-order valence-corrected chi connectivity index (χ1v) is 17.3. The zero-order valence-corrected chi connectivity index (χ0v) is 25.3. The molecule has 1 aliphatic heterocycles. The lowest BCUT2D eigenvalue weighted by molar-refractivity contribution is 0.677. The quantitative estimate of drug-likeness (QED) is 0.226. The van der Waals surface area contributed by atoms with E-state index < -0.39 is 15.8 Å². The third-order valence-corrected chi connectivity index (χ3v) is 13.1. The van der Waals surface area contributed by atoms with Crippen LogP contribution in [0.5, 0.6) is 0 Å². The maximum atomic E-state index is 3.81. The van der Waals surface area contributed by atoms with Crippen LogP contribution in [-0.4, -0.2) is 0 Å². The van der Waals surface area contributed by atoms with Gasteiger partial charge in [-0.1, -0.05) is 158 Å². The van der Waals surface area contributed by atoms with Gasteiger partial charge in [0, 0.05) is 13.1 Å². The van der Waals surface area contributed by atoms with Crippen molar-refractivity contribution in [1.82, 2.24) is 5.32 Å². The summed E-state index contributed by atoms with van der Waals surface area (Å²) >= 11 is 0. The average Bonchev–Trinajstić information content (AvgIpc) is 3.04. The van der Waals surface area contributed by atoms with Crippen LogP contribution in [0, 0.1) is 0 Å². The molecule has 0 aliphatic carbocycles. The molecular formula is C39H33NP2. The van der Waals surface area contributed by atoms with Crippen molar-refractivity contribution in [3.05, 3.63) is 180 Å². The van der Waals surface area contributed by atoms with Gasteiger partial charge in [-0.3, -0.25) is 0 Å². The van der Waals surface area contributed by atoms with E-state index in [0.29, 0.717) is 0 Å². The number of fused-ring (bicyclic) bond motifs is 2. The van der Waals surface area contributed by atoms with Crippen LogP contribution in [0.15, 0.2) is 158 Å². The molecule has 1 N–H and O–H groups in total. The van der Waals surface area contributed by atoms with Gasteiger partial charge in [0.2, 0.25) is 0 Å². The molecular weight excluding hydrogens is 544 g/mol. The summed E-state index contributed by atoms with van der Waals surface area (Å²) in [7, 11) is -1.41. The third kappa shape index (κ3) is 5.49. The Kier molecular flexibility index (Phi) is 8.08. The molecule has 7 rings (SSSR count). The van der Waals surface area contributed by atoms with E-state index in [9.17, 15) is 0 Å². The zero-order valence-electron chi connectivity index (χ0n) is 23.5. The third-order valence-electron chi connectivity index (χ3n) is 8.02. The topological polar surface area (TPSA) is 12.0 Å². The number of hydrogen-bond donors (Lipinski definition) is 1. The minimum absolute atomic E-state index is 0.706. The summed E-state index contributed by atoms with van der Waals surface area (Å²) in [6.45, 7) is 1.76. The minimum Gasteiger partial charge on any atom is -0.309 e. The van der Waals surface area contributed by atoms with Crippen molar-refractivity contribution >= 4 is 47.7 Å². The Morgan fingerprint density at radius 1 is 0.357 bits per heavy atom. The van der Waals surface area contributed by atoms with E-state index in [1.165, 1.54) is 54.1 Å². The first kappa shape index (κ1) is 27.0. The molecule has 1 aliphatic rings. The molecule has 204 valence electrons. The van der Waals surface area contributed by atoms with Crippen LogP contribution >= 0.6 is 15.8 Å². The molecule has 0 unspecified atom stereocenters. The molecule has 0 bridgehead atoms. The van der Waals surface area contributed by atoms with Gasteiger partial charge in [-0.25, -0.2) is 0 Å². The van der Waals surface area contributed by atoms with E-state index in [1.807, 2.05) is 0 Å². The Labute approximate surface area is 251 Å². The van der Waals surface area contributed by atoms with E-state index in [-0.39, 0.29) is 0 Å². The van der Waals surface area contributed by atoms with Crippen LogP contribution in [0.25, 0.3) is 0 Å². The van der Waals surface area contributed by atoms with Gasteiger partial charge < -0.3 is 5.32 Å². The maximum Gasteiger partial charge on any atom is 0.0211 e. The Hall–Kier alpha value is -3.86. The van der Waals surface area contributed by atoms with Crippen LogP contribution in [0.2, 0.25) is 0 Å². The van der Waals surface area contributed by atoms with Crippen molar-refractivity contribution in [3.63, 3.8) is 0 Å². The highest BCUT2D eigenvalue weighted by Crippen LogP contribution is 2.39. The molecule has 3 heteroatoms. The fourth-order valence-electron chi connectivity index (χ4n) is 6.07. The van der Waals surface area contributed by atoms with Gasteiger partial charge in [0.15, 0.2) is 0 Å². The molecule has 0 fully saturated rings. The van der Waals surface area contributed by atoms with Crippen LogP contribution in [-0.2, 0) is 19.5 Å². The highest BCUT2D eigenvalue weighted by atomic mass is 31.1. The molecule has 1 nitrogen and oxygen atoms in total. The molecule has 0 aromatic heterocycles. The minimum atomic E-state index is -0.706. The molecule has 1 heterocycles. The second-order valence-electron chi connectivity index (χ2n) is 10.6. The monoisotopic (exact) mass is 577 g/mol. The van der Waals surface area contributed by atoms with Crippen molar-refractivity contribution in [3.8, 4) is 0 Å². The van der Waals surface area contributed by atoms with Crippen LogP contribution in [0.4, 0.5) is 0 Å². The van der Waals surface area contributed by atoms with Crippen LogP contribution in [0.1, 0.15) is 22.3 Å². The zero-order chi connectivity index (χ0) is 28.1. The molecule has 0 amide bonds. The summed E-state index contributed by atoms with van der Waals surface area (Å²) in [5, 5.41) is 12.3. The SMILES string of the molecule is c1ccc(P(c2ccccc2)c2cccc3c2Cc2c(cccc2P(c2ccccc2)c2ccccc2)CNC3)cc1. The molecule has 0 atom stereocenters. The molecule has 0 spiro atoms. The number of hydrogen-bond acceptors (Lipinski definition) is 1. The Morgan fingerprint density at radius 2 is 0.690 bits per heavy atom. The fourth-order valence-corrected chi connectivity index (χ4v) is 11.1. The van der Waals surface area contributed by atoms with Gasteiger partial charge in [0.25, 0.3) is 0 Å². The van der Waals surface area contributed by atoms with Gasteiger partial charge in [-0.15, -0.1) is 0 Å². The van der Waals surface area contributed by atoms with E-state index >= 15 is 0 Å². The normalized spacial score (nSPS) is 12.8. The number of nitrogens with one attached hydrogen (secondary N) is 1. The smallest absolute Gasteiger partial charge is 0.0211 e. The van der Waals surface area contributed by atoms with Crippen molar-refractivity contribution < 1.29 is 0 Å². The fraction of sp³-hybridized carbons (Fsp3) is 0.0769. The summed E-state index contributed by atoms with van der Waals surface area (Å²) in [5.41, 5.74) is 5.79. The standard InChI is InChI=1S/C39H33NP2/c1-5-17-32(18-6-1)41(33-19-7-2-8-20-33)38-25-13-15-30-28-40-29-31-16-14-26-39(37(31)27-36(30)38)42(34-21-9-3-10-22-34)35-23-11-4-12-24-35/h1-26,40H,27-29H2. The van der Waals surface area contributed by atoms with E-state index in [2.05, 4.69) is 163 Å². The van der Waals surface area contributed by atoms with Gasteiger partial charge in [-0.2, -0.15) is 0 Å². The van der Waals surface area contributed by atoms with Crippen LogP contribution < -0.4 is 37.1 Å². The number of benzene rings is 6. The second kappa shape index (κ2) is 12.6. The Bertz CT molecular complexity index is 1560. The van der Waals surface area contributed by atoms with Crippen molar-refractivity contribution in [2.24, 2.45) is 0 Å². The average molecular weight is 578 g/mol. The summed E-state index contributed by atoms with van der Waals surface area (Å²) in [4.78, 5) is 0. The van der Waals surface area contributed by atoms with Crippen molar-refractivity contribution in [2.45, 2.75) is 19.5 Å². The molecule has 0 saturated heterocycles. The van der Waals surface area contributed by atoms with E-state index in [4.69, 9.17) is 0 Å². The maximum absolute atomic E-state index is 3.81. The Balaban J connectivity index is 1.43.